The molecule has 0 aromatic carbocycles. The SMILES string of the molecule is COC(=O)/C=C/C(=O)OCC1CCC(N2C=CCC(C)=C2)O1.NC=O. The summed E-state index contributed by atoms with van der Waals surface area (Å²) < 4.78 is 15.3. The first-order valence-corrected chi connectivity index (χ1v) is 7.85. The molecule has 0 aromatic rings. The van der Waals surface area contributed by atoms with Crippen molar-refractivity contribution in [2.75, 3.05) is 13.7 Å². The second-order valence-electron chi connectivity index (χ2n) is 5.42. The summed E-state index contributed by atoms with van der Waals surface area (Å²) in [5.74, 6) is -1.17. The van der Waals surface area contributed by atoms with Crippen molar-refractivity contribution >= 4 is 18.3 Å². The molecule has 2 aliphatic rings. The van der Waals surface area contributed by atoms with Gasteiger partial charge in [-0.25, -0.2) is 9.59 Å². The van der Waals surface area contributed by atoms with Crippen molar-refractivity contribution in [2.24, 2.45) is 5.73 Å². The van der Waals surface area contributed by atoms with E-state index in [9.17, 15) is 9.59 Å². The minimum Gasteiger partial charge on any atom is -0.466 e. The van der Waals surface area contributed by atoms with Crippen molar-refractivity contribution in [2.45, 2.75) is 38.5 Å². The molecule has 138 valence electrons. The zero-order chi connectivity index (χ0) is 18.7. The number of esters is 2. The first kappa shape index (κ1) is 20.4. The number of carbonyl (C=O) groups excluding carboxylic acids is 3. The first-order chi connectivity index (χ1) is 12.0. The van der Waals surface area contributed by atoms with Gasteiger partial charge in [-0.3, -0.25) is 4.79 Å². The number of hydrogen-bond donors (Lipinski definition) is 1. The molecule has 0 aliphatic carbocycles. The minimum atomic E-state index is -0.590. The molecular weight excluding hydrogens is 328 g/mol. The molecule has 25 heavy (non-hydrogen) atoms. The number of hydrogen-bond acceptors (Lipinski definition) is 7. The zero-order valence-electron chi connectivity index (χ0n) is 14.4. The van der Waals surface area contributed by atoms with Gasteiger partial charge >= 0.3 is 11.9 Å². The van der Waals surface area contributed by atoms with Crippen LogP contribution in [0.4, 0.5) is 0 Å². The molecule has 0 aromatic heterocycles. The molecule has 2 atom stereocenters. The molecule has 2 unspecified atom stereocenters. The number of methoxy groups -OCH3 is 1. The van der Waals surface area contributed by atoms with E-state index in [2.05, 4.69) is 34.6 Å². The second kappa shape index (κ2) is 11.0. The van der Waals surface area contributed by atoms with Crippen LogP contribution in [-0.2, 0) is 28.6 Å². The van der Waals surface area contributed by atoms with Gasteiger partial charge in [-0.1, -0.05) is 11.6 Å². The van der Waals surface area contributed by atoms with Gasteiger partial charge in [0.05, 0.1) is 13.2 Å². The third-order valence-corrected chi connectivity index (χ3v) is 3.47. The lowest BCUT2D eigenvalue weighted by Gasteiger charge is -2.26. The van der Waals surface area contributed by atoms with Gasteiger partial charge in [-0.15, -0.1) is 0 Å². The van der Waals surface area contributed by atoms with Gasteiger partial charge in [-0.05, 0) is 26.2 Å². The summed E-state index contributed by atoms with van der Waals surface area (Å²) >= 11 is 0. The molecule has 2 N–H and O–H groups in total. The topological polar surface area (TPSA) is 108 Å². The van der Waals surface area contributed by atoms with E-state index in [-0.39, 0.29) is 25.3 Å². The van der Waals surface area contributed by atoms with Gasteiger partial charge in [0.15, 0.2) is 0 Å². The lowest BCUT2D eigenvalue weighted by molar-refractivity contribution is -0.143. The Morgan fingerprint density at radius 3 is 2.68 bits per heavy atom. The van der Waals surface area contributed by atoms with Crippen molar-refractivity contribution < 1.29 is 28.6 Å². The standard InChI is InChI=1S/C16H21NO5.CH3NO/c1-12-4-3-9-17(10-12)14-6-5-13(22-14)11-21-16(19)8-7-15(18)20-2;2-1-3/h3,7-10,13-14H,4-6,11H2,1-2H3;1H,(H2,2,3)/b8-7+;. The summed E-state index contributed by atoms with van der Waals surface area (Å²) in [5, 5.41) is 0. The first-order valence-electron chi connectivity index (χ1n) is 7.85. The third kappa shape index (κ3) is 7.67. The molecule has 1 amide bonds. The number of nitrogens with zero attached hydrogens (tertiary/aromatic N) is 1. The molecule has 0 saturated carbocycles. The van der Waals surface area contributed by atoms with E-state index in [0.29, 0.717) is 0 Å². The summed E-state index contributed by atoms with van der Waals surface area (Å²) in [5.41, 5.74) is 5.45. The number of nitrogens with two attached hydrogens (primary N) is 1. The van der Waals surface area contributed by atoms with Gasteiger partial charge in [-0.2, -0.15) is 0 Å². The molecule has 8 nitrogen and oxygen atoms in total. The fraction of sp³-hybridized carbons (Fsp3) is 0.471. The van der Waals surface area contributed by atoms with Crippen molar-refractivity contribution in [3.8, 4) is 0 Å². The fourth-order valence-corrected chi connectivity index (χ4v) is 2.35. The Labute approximate surface area is 146 Å². The Morgan fingerprint density at radius 1 is 1.36 bits per heavy atom. The maximum Gasteiger partial charge on any atom is 0.331 e. The average molecular weight is 352 g/mol. The molecule has 1 fully saturated rings. The van der Waals surface area contributed by atoms with E-state index in [4.69, 9.17) is 14.3 Å². The number of primary amides is 1. The normalized spacial score (nSPS) is 22.0. The minimum absolute atomic E-state index is 0.0131. The van der Waals surface area contributed by atoms with E-state index in [1.807, 2.05) is 6.20 Å². The van der Waals surface area contributed by atoms with Gasteiger partial charge in [0.2, 0.25) is 6.41 Å². The summed E-state index contributed by atoms with van der Waals surface area (Å²) in [6, 6.07) is 0. The zero-order valence-corrected chi connectivity index (χ0v) is 14.4. The van der Waals surface area contributed by atoms with E-state index < -0.39 is 11.9 Å². The van der Waals surface area contributed by atoms with Crippen LogP contribution < -0.4 is 5.73 Å². The largest absolute Gasteiger partial charge is 0.466 e. The van der Waals surface area contributed by atoms with Crippen molar-refractivity contribution in [3.63, 3.8) is 0 Å². The molecule has 2 heterocycles. The molecule has 2 rings (SSSR count). The van der Waals surface area contributed by atoms with Crippen LogP contribution in [0.15, 0.2) is 36.2 Å². The monoisotopic (exact) mass is 352 g/mol. The predicted octanol–water partition coefficient (Wildman–Crippen LogP) is 0.989. The number of allylic oxidation sites excluding steroid dienone is 2. The van der Waals surface area contributed by atoms with Crippen LogP contribution in [-0.4, -0.2) is 49.3 Å². The number of amides is 1. The molecule has 0 radical (unpaired) electrons. The summed E-state index contributed by atoms with van der Waals surface area (Å²) in [7, 11) is 1.25. The van der Waals surface area contributed by atoms with Gasteiger partial charge in [0, 0.05) is 24.6 Å². The fourth-order valence-electron chi connectivity index (χ4n) is 2.35. The Kier molecular flexibility index (Phi) is 9.02. The van der Waals surface area contributed by atoms with E-state index in [1.54, 1.807) is 0 Å². The van der Waals surface area contributed by atoms with Crippen LogP contribution in [0.1, 0.15) is 26.2 Å². The quantitative estimate of drug-likeness (QED) is 0.446. The lowest BCUT2D eigenvalue weighted by atomic mass is 10.2. The smallest absolute Gasteiger partial charge is 0.331 e. The van der Waals surface area contributed by atoms with Gasteiger partial charge in [0.1, 0.15) is 12.8 Å². The highest BCUT2D eigenvalue weighted by molar-refractivity contribution is 5.91. The molecule has 1 saturated heterocycles. The Bertz CT molecular complexity index is 555. The average Bonchev–Trinajstić information content (AvgIpc) is 3.07. The molecular formula is C17H24N2O6. The highest BCUT2D eigenvalue weighted by Crippen LogP contribution is 2.26. The molecule has 8 heteroatoms. The molecule has 2 aliphatic heterocycles. The van der Waals surface area contributed by atoms with Crippen LogP contribution in [0, 0.1) is 0 Å². The van der Waals surface area contributed by atoms with Crippen LogP contribution in [0.2, 0.25) is 0 Å². The van der Waals surface area contributed by atoms with Crippen molar-refractivity contribution in [3.05, 3.63) is 36.2 Å². The highest BCUT2D eigenvalue weighted by atomic mass is 16.6. The second-order valence-corrected chi connectivity index (χ2v) is 5.42. The molecule has 0 spiro atoms. The van der Waals surface area contributed by atoms with Crippen molar-refractivity contribution in [1.82, 2.24) is 4.90 Å². The summed E-state index contributed by atoms with van der Waals surface area (Å²) in [6.07, 6.45) is 11.1. The number of carbonyl (C=O) groups is 3. The Morgan fingerprint density at radius 2 is 2.04 bits per heavy atom. The highest BCUT2D eigenvalue weighted by Gasteiger charge is 2.29. The molecule has 0 bridgehead atoms. The number of ether oxygens (including phenoxy) is 3. The van der Waals surface area contributed by atoms with Crippen molar-refractivity contribution in [1.29, 1.82) is 0 Å². The predicted molar refractivity (Wildman–Crippen MR) is 89.6 cm³/mol. The third-order valence-electron chi connectivity index (χ3n) is 3.47. The van der Waals surface area contributed by atoms with Crippen LogP contribution in [0.5, 0.6) is 0 Å². The van der Waals surface area contributed by atoms with Gasteiger partial charge in [0.25, 0.3) is 0 Å². The van der Waals surface area contributed by atoms with E-state index >= 15 is 0 Å². The van der Waals surface area contributed by atoms with Gasteiger partial charge < -0.3 is 24.8 Å². The number of rotatable bonds is 5. The van der Waals surface area contributed by atoms with E-state index in [1.165, 1.54) is 12.7 Å². The van der Waals surface area contributed by atoms with Crippen LogP contribution in [0.25, 0.3) is 0 Å². The maximum absolute atomic E-state index is 11.4. The summed E-state index contributed by atoms with van der Waals surface area (Å²) in [6.45, 7) is 2.26. The Balaban J connectivity index is 0.000000970. The summed E-state index contributed by atoms with van der Waals surface area (Å²) in [4.78, 5) is 32.9. The van der Waals surface area contributed by atoms with E-state index in [0.717, 1.165) is 31.4 Å². The lowest BCUT2D eigenvalue weighted by Crippen LogP contribution is -2.29. The van der Waals surface area contributed by atoms with Crippen LogP contribution in [0.3, 0.4) is 0 Å². The Hall–Kier alpha value is -2.61. The maximum atomic E-state index is 11.4. The van der Waals surface area contributed by atoms with Crippen LogP contribution >= 0.6 is 0 Å².